The third-order valence-electron chi connectivity index (χ3n) is 3.38. The molecule has 1 aliphatic heterocycles. The van der Waals surface area contributed by atoms with E-state index in [2.05, 4.69) is 5.32 Å². The van der Waals surface area contributed by atoms with E-state index >= 15 is 0 Å². The Kier molecular flexibility index (Phi) is 8.68. The van der Waals surface area contributed by atoms with Gasteiger partial charge in [-0.3, -0.25) is 14.9 Å². The molecule has 8 heteroatoms. The first-order valence-corrected chi connectivity index (χ1v) is 7.31. The van der Waals surface area contributed by atoms with Crippen molar-refractivity contribution in [2.45, 2.75) is 38.1 Å². The average molecular weight is 316 g/mol. The fourth-order valence-corrected chi connectivity index (χ4v) is 2.10. The van der Waals surface area contributed by atoms with Crippen LogP contribution < -0.4 is 11.1 Å². The average Bonchev–Trinajstić information content (AvgIpc) is 2.48. The van der Waals surface area contributed by atoms with Gasteiger partial charge in [-0.25, -0.2) is 0 Å². The van der Waals surface area contributed by atoms with Crippen LogP contribution in [-0.4, -0.2) is 54.4 Å². The van der Waals surface area contributed by atoms with Gasteiger partial charge in [-0.15, -0.1) is 0 Å². The number of aliphatic hydroxyl groups excluding tert-OH is 1. The molecule has 1 fully saturated rings. The van der Waals surface area contributed by atoms with E-state index in [0.717, 1.165) is 12.8 Å². The number of nitrogens with two attached hydrogens (primary N) is 1. The predicted molar refractivity (Wildman–Crippen MR) is 77.6 cm³/mol. The van der Waals surface area contributed by atoms with Gasteiger partial charge in [0.15, 0.2) is 0 Å². The molecule has 0 bridgehead atoms. The van der Waals surface area contributed by atoms with E-state index in [1.165, 1.54) is 12.2 Å². The number of aliphatic carboxylic acids is 1. The number of nitrogens with one attached hydrogen (secondary N) is 1. The summed E-state index contributed by atoms with van der Waals surface area (Å²) in [6, 6.07) is -0.970. The SMILES string of the molecule is NC(=O)/C=C/CC[C@H](NC(O)OCC1CCOCC1)C(=O)O. The summed E-state index contributed by atoms with van der Waals surface area (Å²) < 4.78 is 10.5. The first-order chi connectivity index (χ1) is 10.5. The van der Waals surface area contributed by atoms with Crippen LogP contribution in [0.1, 0.15) is 25.7 Å². The minimum absolute atomic E-state index is 0.205. The number of carboxylic acids is 1. The van der Waals surface area contributed by atoms with Crippen molar-refractivity contribution in [3.63, 3.8) is 0 Å². The molecule has 0 aliphatic carbocycles. The van der Waals surface area contributed by atoms with Crippen LogP contribution in [0.4, 0.5) is 0 Å². The number of carbonyl (C=O) groups excluding carboxylic acids is 1. The summed E-state index contributed by atoms with van der Waals surface area (Å²) in [6.45, 7) is 1.72. The van der Waals surface area contributed by atoms with Crippen LogP contribution in [0.25, 0.3) is 0 Å². The van der Waals surface area contributed by atoms with Gasteiger partial charge in [-0.2, -0.15) is 0 Å². The van der Waals surface area contributed by atoms with Crippen molar-refractivity contribution in [1.82, 2.24) is 5.32 Å². The van der Waals surface area contributed by atoms with Crippen molar-refractivity contribution in [1.29, 1.82) is 0 Å². The number of hydrogen-bond donors (Lipinski definition) is 4. The van der Waals surface area contributed by atoms with E-state index in [9.17, 15) is 14.7 Å². The number of aliphatic hydroxyl groups is 1. The lowest BCUT2D eigenvalue weighted by Gasteiger charge is -2.24. The number of carbonyl (C=O) groups is 2. The van der Waals surface area contributed by atoms with Crippen LogP contribution in [0.5, 0.6) is 0 Å². The van der Waals surface area contributed by atoms with Crippen LogP contribution in [-0.2, 0) is 19.1 Å². The Labute approximate surface area is 129 Å². The maximum Gasteiger partial charge on any atom is 0.320 e. The molecular formula is C14H24N2O6. The van der Waals surface area contributed by atoms with Crippen molar-refractivity contribution in [3.05, 3.63) is 12.2 Å². The number of carboxylic acid groups (broad SMARTS) is 1. The molecular weight excluding hydrogens is 292 g/mol. The minimum Gasteiger partial charge on any atom is -0.480 e. The molecule has 0 aromatic rings. The van der Waals surface area contributed by atoms with Crippen LogP contribution in [0, 0.1) is 5.92 Å². The third-order valence-corrected chi connectivity index (χ3v) is 3.38. The van der Waals surface area contributed by atoms with Gasteiger partial charge in [0.1, 0.15) is 6.04 Å². The van der Waals surface area contributed by atoms with E-state index in [-0.39, 0.29) is 6.42 Å². The molecule has 0 radical (unpaired) electrons. The minimum atomic E-state index is -1.34. The Morgan fingerprint density at radius 1 is 1.41 bits per heavy atom. The monoisotopic (exact) mass is 316 g/mol. The summed E-state index contributed by atoms with van der Waals surface area (Å²) >= 11 is 0. The lowest BCUT2D eigenvalue weighted by atomic mass is 10.0. The van der Waals surface area contributed by atoms with Crippen molar-refractivity contribution in [3.8, 4) is 0 Å². The van der Waals surface area contributed by atoms with Crippen molar-refractivity contribution >= 4 is 11.9 Å². The van der Waals surface area contributed by atoms with Crippen LogP contribution >= 0.6 is 0 Å². The Hall–Kier alpha value is -1.48. The van der Waals surface area contributed by atoms with Crippen LogP contribution in [0.2, 0.25) is 0 Å². The maximum atomic E-state index is 11.1. The molecule has 2 atom stereocenters. The smallest absolute Gasteiger partial charge is 0.320 e. The van der Waals surface area contributed by atoms with Gasteiger partial charge >= 0.3 is 5.97 Å². The lowest BCUT2D eigenvalue weighted by molar-refractivity contribution is -0.157. The fraction of sp³-hybridized carbons (Fsp3) is 0.714. The van der Waals surface area contributed by atoms with Gasteiger partial charge in [-0.1, -0.05) is 6.08 Å². The summed E-state index contributed by atoms with van der Waals surface area (Å²) in [4.78, 5) is 21.6. The Morgan fingerprint density at radius 2 is 2.09 bits per heavy atom. The van der Waals surface area contributed by atoms with E-state index in [0.29, 0.717) is 32.2 Å². The molecule has 0 saturated carbocycles. The topological polar surface area (TPSA) is 131 Å². The first-order valence-electron chi connectivity index (χ1n) is 7.31. The van der Waals surface area contributed by atoms with Crippen LogP contribution in [0.3, 0.4) is 0 Å². The second kappa shape index (κ2) is 10.3. The molecule has 126 valence electrons. The molecule has 8 nitrogen and oxygen atoms in total. The molecule has 1 amide bonds. The Balaban J connectivity index is 2.28. The van der Waals surface area contributed by atoms with Crippen molar-refractivity contribution < 1.29 is 29.3 Å². The van der Waals surface area contributed by atoms with Gasteiger partial charge in [0.05, 0.1) is 6.61 Å². The van der Waals surface area contributed by atoms with E-state index < -0.39 is 24.3 Å². The molecule has 1 rings (SSSR count). The van der Waals surface area contributed by atoms with Gasteiger partial charge in [0.2, 0.25) is 12.3 Å². The standard InChI is InChI=1S/C14H24N2O6/c15-12(17)4-2-1-3-11(13(18)19)16-14(20)22-9-10-5-7-21-8-6-10/h2,4,10-11,14,16,20H,1,3,5-9H2,(H2,15,17)(H,18,19)/b4-2+/t11-,14?/m0/s1. The Morgan fingerprint density at radius 3 is 2.68 bits per heavy atom. The molecule has 22 heavy (non-hydrogen) atoms. The van der Waals surface area contributed by atoms with Crippen LogP contribution in [0.15, 0.2) is 12.2 Å². The molecule has 0 aromatic heterocycles. The number of amides is 1. The van der Waals surface area contributed by atoms with Gasteiger partial charge in [0, 0.05) is 13.2 Å². The summed E-state index contributed by atoms with van der Waals surface area (Å²) in [5.41, 5.74) is 4.93. The highest BCUT2D eigenvalue weighted by molar-refractivity contribution is 5.85. The molecule has 1 saturated heterocycles. The fourth-order valence-electron chi connectivity index (χ4n) is 2.10. The molecule has 0 spiro atoms. The zero-order valence-electron chi connectivity index (χ0n) is 12.4. The zero-order chi connectivity index (χ0) is 16.4. The van der Waals surface area contributed by atoms with E-state index in [1.54, 1.807) is 0 Å². The van der Waals surface area contributed by atoms with Gasteiger partial charge in [0.25, 0.3) is 0 Å². The largest absolute Gasteiger partial charge is 0.480 e. The first kappa shape index (κ1) is 18.6. The molecule has 0 aromatic carbocycles. The number of hydrogen-bond acceptors (Lipinski definition) is 6. The van der Waals surface area contributed by atoms with Crippen molar-refractivity contribution in [2.75, 3.05) is 19.8 Å². The number of primary amides is 1. The second-order valence-corrected chi connectivity index (χ2v) is 5.18. The normalized spacial score (nSPS) is 19.1. The highest BCUT2D eigenvalue weighted by Gasteiger charge is 2.21. The molecule has 1 heterocycles. The number of allylic oxidation sites excluding steroid dienone is 1. The highest BCUT2D eigenvalue weighted by atomic mass is 16.6. The lowest BCUT2D eigenvalue weighted by Crippen LogP contribution is -2.45. The molecule has 1 unspecified atom stereocenters. The van der Waals surface area contributed by atoms with Gasteiger partial charge < -0.3 is 25.4 Å². The third kappa shape index (κ3) is 8.08. The summed E-state index contributed by atoms with van der Waals surface area (Å²) in [7, 11) is 0. The maximum absolute atomic E-state index is 11.1. The summed E-state index contributed by atoms with van der Waals surface area (Å²) in [5, 5.41) is 21.3. The van der Waals surface area contributed by atoms with Gasteiger partial charge in [-0.05, 0) is 37.7 Å². The molecule has 1 aliphatic rings. The quantitative estimate of drug-likeness (QED) is 0.318. The summed E-state index contributed by atoms with van der Waals surface area (Å²) in [6.07, 6.45) is 3.62. The van der Waals surface area contributed by atoms with E-state index in [1.807, 2.05) is 0 Å². The summed E-state index contributed by atoms with van der Waals surface area (Å²) in [5.74, 6) is -1.37. The second-order valence-electron chi connectivity index (χ2n) is 5.18. The Bertz CT molecular complexity index is 382. The highest BCUT2D eigenvalue weighted by Crippen LogP contribution is 2.15. The predicted octanol–water partition coefficient (Wildman–Crippen LogP) is -0.430. The van der Waals surface area contributed by atoms with Crippen molar-refractivity contribution in [2.24, 2.45) is 11.7 Å². The molecule has 5 N–H and O–H groups in total. The van der Waals surface area contributed by atoms with E-state index in [4.69, 9.17) is 20.3 Å². The zero-order valence-corrected chi connectivity index (χ0v) is 12.4. The number of ether oxygens (including phenoxy) is 2. The number of rotatable bonds is 10.